The quantitative estimate of drug-likeness (QED) is 0.920. The molecule has 1 fully saturated rings. The fourth-order valence-corrected chi connectivity index (χ4v) is 2.85. The first-order valence-corrected chi connectivity index (χ1v) is 8.00. The Labute approximate surface area is 137 Å². The van der Waals surface area contributed by atoms with Crippen LogP contribution in [0.4, 0.5) is 11.4 Å². The zero-order valence-corrected chi connectivity index (χ0v) is 13.4. The topological polar surface area (TPSA) is 41.6 Å². The van der Waals surface area contributed by atoms with Crippen molar-refractivity contribution >= 4 is 17.3 Å². The van der Waals surface area contributed by atoms with Gasteiger partial charge in [-0.05, 0) is 30.5 Å². The third-order valence-electron chi connectivity index (χ3n) is 4.06. The molecule has 1 amide bonds. The van der Waals surface area contributed by atoms with Gasteiger partial charge in [0.2, 0.25) is 0 Å². The average molecular weight is 310 g/mol. The van der Waals surface area contributed by atoms with Gasteiger partial charge in [0.05, 0.1) is 11.4 Å². The van der Waals surface area contributed by atoms with Crippen molar-refractivity contribution in [1.29, 1.82) is 0 Å². The maximum absolute atomic E-state index is 12.3. The van der Waals surface area contributed by atoms with Gasteiger partial charge in [0.15, 0.2) is 0 Å². The number of ether oxygens (including phenoxy) is 1. The Hall–Kier alpha value is -2.33. The van der Waals surface area contributed by atoms with Crippen molar-refractivity contribution in [2.24, 2.45) is 0 Å². The van der Waals surface area contributed by atoms with E-state index in [2.05, 4.69) is 22.3 Å². The van der Waals surface area contributed by atoms with Crippen molar-refractivity contribution in [3.05, 3.63) is 60.2 Å². The Bertz CT molecular complexity index is 651. The first-order chi connectivity index (χ1) is 11.2. The lowest BCUT2D eigenvalue weighted by molar-refractivity contribution is -0.124. The van der Waals surface area contributed by atoms with Crippen molar-refractivity contribution in [2.75, 3.05) is 23.9 Å². The first kappa shape index (κ1) is 15.6. The molecule has 1 aliphatic heterocycles. The van der Waals surface area contributed by atoms with Crippen LogP contribution in [0.15, 0.2) is 54.6 Å². The lowest BCUT2D eigenvalue weighted by Crippen LogP contribution is -2.28. The number of benzene rings is 2. The number of anilines is 2. The zero-order chi connectivity index (χ0) is 16.1. The molecule has 0 saturated carbocycles. The molecule has 0 aromatic heterocycles. The molecule has 2 aromatic carbocycles. The molecule has 0 radical (unpaired) electrons. The van der Waals surface area contributed by atoms with Crippen LogP contribution in [0.3, 0.4) is 0 Å². The van der Waals surface area contributed by atoms with Crippen molar-refractivity contribution in [1.82, 2.24) is 0 Å². The lowest BCUT2D eigenvalue weighted by atomic mass is 10.1. The van der Waals surface area contributed by atoms with Crippen LogP contribution in [0.2, 0.25) is 0 Å². The van der Waals surface area contributed by atoms with Gasteiger partial charge in [0.25, 0.3) is 5.91 Å². The molecule has 2 aromatic rings. The summed E-state index contributed by atoms with van der Waals surface area (Å²) in [5.74, 6) is -0.0527. The number of amides is 1. The third kappa shape index (κ3) is 3.90. The van der Waals surface area contributed by atoms with Crippen LogP contribution in [-0.2, 0) is 16.1 Å². The van der Waals surface area contributed by atoms with Crippen LogP contribution in [0, 0.1) is 0 Å². The van der Waals surface area contributed by atoms with Crippen molar-refractivity contribution in [2.45, 2.75) is 25.5 Å². The molecule has 1 heterocycles. The maximum Gasteiger partial charge on any atom is 0.253 e. The number of hydrogen-bond acceptors (Lipinski definition) is 3. The van der Waals surface area contributed by atoms with Crippen molar-refractivity contribution < 1.29 is 9.53 Å². The summed E-state index contributed by atoms with van der Waals surface area (Å²) in [6, 6.07) is 18.2. The third-order valence-corrected chi connectivity index (χ3v) is 4.06. The molecular formula is C19H22N2O2. The number of rotatable bonds is 5. The predicted molar refractivity (Wildman–Crippen MR) is 92.6 cm³/mol. The van der Waals surface area contributed by atoms with Crippen molar-refractivity contribution in [3.63, 3.8) is 0 Å². The number of nitrogens with zero attached hydrogens (tertiary/aromatic N) is 1. The smallest absolute Gasteiger partial charge is 0.253 e. The van der Waals surface area contributed by atoms with Gasteiger partial charge in [0.1, 0.15) is 6.10 Å². The van der Waals surface area contributed by atoms with Crippen LogP contribution in [0.25, 0.3) is 0 Å². The van der Waals surface area contributed by atoms with Crippen LogP contribution in [-0.4, -0.2) is 25.7 Å². The van der Waals surface area contributed by atoms with E-state index in [-0.39, 0.29) is 12.0 Å². The lowest BCUT2D eigenvalue weighted by Gasteiger charge is -2.23. The van der Waals surface area contributed by atoms with E-state index in [0.717, 1.165) is 30.8 Å². The van der Waals surface area contributed by atoms with Crippen LogP contribution in [0.1, 0.15) is 18.4 Å². The molecule has 0 bridgehead atoms. The highest BCUT2D eigenvalue weighted by Crippen LogP contribution is 2.27. The number of carbonyl (C=O) groups excluding carboxylic acids is 1. The van der Waals surface area contributed by atoms with Gasteiger partial charge in [-0.2, -0.15) is 0 Å². The molecule has 1 atom stereocenters. The number of carbonyl (C=O) groups is 1. The second-order valence-corrected chi connectivity index (χ2v) is 5.85. The Morgan fingerprint density at radius 3 is 2.65 bits per heavy atom. The van der Waals surface area contributed by atoms with Crippen molar-refractivity contribution in [3.8, 4) is 0 Å². The molecule has 1 aliphatic rings. The van der Waals surface area contributed by atoms with Crippen LogP contribution >= 0.6 is 0 Å². The van der Waals surface area contributed by atoms with E-state index in [1.807, 2.05) is 49.5 Å². The normalized spacial score (nSPS) is 17.0. The van der Waals surface area contributed by atoms with Gasteiger partial charge in [-0.25, -0.2) is 0 Å². The molecule has 1 N–H and O–H groups in total. The maximum atomic E-state index is 12.3. The fourth-order valence-electron chi connectivity index (χ4n) is 2.85. The number of para-hydroxylation sites is 2. The molecule has 0 spiro atoms. The van der Waals surface area contributed by atoms with E-state index in [1.54, 1.807) is 0 Å². The van der Waals surface area contributed by atoms with E-state index in [4.69, 9.17) is 4.74 Å². The molecule has 0 unspecified atom stereocenters. The molecule has 4 nitrogen and oxygen atoms in total. The Kier molecular flexibility index (Phi) is 4.93. The summed E-state index contributed by atoms with van der Waals surface area (Å²) in [5.41, 5.74) is 3.06. The fraction of sp³-hybridized carbons (Fsp3) is 0.316. The molecular weight excluding hydrogens is 288 g/mol. The van der Waals surface area contributed by atoms with Gasteiger partial charge < -0.3 is 15.0 Å². The monoisotopic (exact) mass is 310 g/mol. The zero-order valence-electron chi connectivity index (χ0n) is 13.4. The molecule has 3 rings (SSSR count). The van der Waals surface area contributed by atoms with Crippen LogP contribution < -0.4 is 10.2 Å². The molecule has 23 heavy (non-hydrogen) atoms. The summed E-state index contributed by atoms with van der Waals surface area (Å²) in [5, 5.41) is 3.01. The highest BCUT2D eigenvalue weighted by molar-refractivity contribution is 5.97. The molecule has 1 saturated heterocycles. The van der Waals surface area contributed by atoms with Gasteiger partial charge in [0, 0.05) is 20.2 Å². The highest BCUT2D eigenvalue weighted by atomic mass is 16.5. The van der Waals surface area contributed by atoms with Gasteiger partial charge in [-0.1, -0.05) is 42.5 Å². The van der Waals surface area contributed by atoms with E-state index in [0.29, 0.717) is 6.61 Å². The standard InChI is InChI=1S/C19H22N2O2/c1-21(14-15-8-3-2-4-9-15)17-11-6-5-10-16(17)20-19(22)18-12-7-13-23-18/h2-6,8-11,18H,7,12-14H2,1H3,(H,20,22)/t18-/m0/s1. The number of nitrogens with one attached hydrogen (secondary N) is 1. The highest BCUT2D eigenvalue weighted by Gasteiger charge is 2.24. The van der Waals surface area contributed by atoms with E-state index in [1.165, 1.54) is 5.56 Å². The minimum atomic E-state index is -0.317. The minimum absolute atomic E-state index is 0.0527. The van der Waals surface area contributed by atoms with Gasteiger partial charge in [-0.15, -0.1) is 0 Å². The molecule has 0 aliphatic carbocycles. The summed E-state index contributed by atoms with van der Waals surface area (Å²) < 4.78 is 5.46. The first-order valence-electron chi connectivity index (χ1n) is 8.00. The largest absolute Gasteiger partial charge is 0.369 e. The Balaban J connectivity index is 1.73. The summed E-state index contributed by atoms with van der Waals surface area (Å²) in [7, 11) is 2.03. The molecule has 4 heteroatoms. The summed E-state index contributed by atoms with van der Waals surface area (Å²) in [6.45, 7) is 1.46. The van der Waals surface area contributed by atoms with E-state index in [9.17, 15) is 4.79 Å². The summed E-state index contributed by atoms with van der Waals surface area (Å²) >= 11 is 0. The van der Waals surface area contributed by atoms with Crippen LogP contribution in [0.5, 0.6) is 0 Å². The van der Waals surface area contributed by atoms with E-state index < -0.39 is 0 Å². The van der Waals surface area contributed by atoms with E-state index >= 15 is 0 Å². The minimum Gasteiger partial charge on any atom is -0.369 e. The second-order valence-electron chi connectivity index (χ2n) is 5.85. The Morgan fingerprint density at radius 2 is 1.91 bits per heavy atom. The SMILES string of the molecule is CN(Cc1ccccc1)c1ccccc1NC(=O)[C@@H]1CCCO1. The summed E-state index contributed by atoms with van der Waals surface area (Å²) in [4.78, 5) is 14.4. The summed E-state index contributed by atoms with van der Waals surface area (Å²) in [6.07, 6.45) is 1.43. The molecule has 120 valence electrons. The Morgan fingerprint density at radius 1 is 1.17 bits per heavy atom. The average Bonchev–Trinajstić information content (AvgIpc) is 3.11. The number of hydrogen-bond donors (Lipinski definition) is 1. The predicted octanol–water partition coefficient (Wildman–Crippen LogP) is 3.44. The van der Waals surface area contributed by atoms with Gasteiger partial charge in [-0.3, -0.25) is 4.79 Å². The van der Waals surface area contributed by atoms with Gasteiger partial charge >= 0.3 is 0 Å². The second kappa shape index (κ2) is 7.29.